The third-order valence-electron chi connectivity index (χ3n) is 7.29. The molecule has 7 atom stereocenters. The van der Waals surface area contributed by atoms with Gasteiger partial charge in [-0.1, -0.05) is 19.9 Å². The van der Waals surface area contributed by atoms with Crippen LogP contribution in [-0.2, 0) is 33.3 Å². The number of ether oxygens (including phenoxy) is 4. The third kappa shape index (κ3) is 8.83. The summed E-state index contributed by atoms with van der Waals surface area (Å²) < 4.78 is 21.7. The Morgan fingerprint density at radius 3 is 2.20 bits per heavy atom. The fourth-order valence-electron chi connectivity index (χ4n) is 5.15. The van der Waals surface area contributed by atoms with Crippen LogP contribution in [0.4, 0.5) is 4.79 Å². The number of fused-ring (bicyclic) bond motifs is 2. The van der Waals surface area contributed by atoms with E-state index in [2.05, 4.69) is 5.32 Å². The van der Waals surface area contributed by atoms with E-state index in [-0.39, 0.29) is 41.4 Å². The van der Waals surface area contributed by atoms with Crippen molar-refractivity contribution in [2.24, 2.45) is 17.6 Å². The number of amides is 2. The lowest BCUT2D eigenvalue weighted by Crippen LogP contribution is -2.39. The Morgan fingerprint density at radius 1 is 1.00 bits per heavy atom. The Balaban J connectivity index is 2.60. The van der Waals surface area contributed by atoms with Crippen molar-refractivity contribution in [2.45, 2.75) is 77.5 Å². The molecule has 1 unspecified atom stereocenters. The van der Waals surface area contributed by atoms with E-state index in [0.717, 1.165) is 6.08 Å². The van der Waals surface area contributed by atoms with Gasteiger partial charge in [-0.3, -0.25) is 14.4 Å². The van der Waals surface area contributed by atoms with Crippen molar-refractivity contribution in [1.29, 1.82) is 0 Å². The molecule has 2 amide bonds. The van der Waals surface area contributed by atoms with Gasteiger partial charge < -0.3 is 40.2 Å². The summed E-state index contributed by atoms with van der Waals surface area (Å²) in [6.07, 6.45) is -1.49. The molecule has 0 saturated carbocycles. The molecule has 5 N–H and O–H groups in total. The lowest BCUT2D eigenvalue weighted by Gasteiger charge is -2.30. The maximum atomic E-state index is 13.4. The smallest absolute Gasteiger partial charge is 0.405 e. The first kappa shape index (κ1) is 33.9. The molecule has 1 aliphatic heterocycles. The molecule has 0 radical (unpaired) electrons. The number of methoxy groups -OCH3 is 3. The second kappa shape index (κ2) is 15.1. The summed E-state index contributed by atoms with van der Waals surface area (Å²) >= 11 is 0. The number of hydrogen-bond donors (Lipinski definition) is 4. The van der Waals surface area contributed by atoms with E-state index < -0.39 is 60.0 Å². The number of carbonyl (C=O) groups is 4. The van der Waals surface area contributed by atoms with Gasteiger partial charge in [0.05, 0.1) is 31.1 Å². The van der Waals surface area contributed by atoms with Gasteiger partial charge in [-0.15, -0.1) is 0 Å². The van der Waals surface area contributed by atoms with E-state index in [1.807, 2.05) is 6.92 Å². The SMILES string of the molecule is COC1=C2C[C@@H](C)C[C@H](OC)[C@H](O)[C@@H](C)/C=C(\C)[C@H](OC(N)=O)C(OC)C[C@H](O)/C=C(\C)C(=O)NC(=CC1=O)C2=O. The number of Topliss-reactive ketones (excluding diaryl/α,β-unsaturated/α-hetero) is 1. The number of nitrogens with two attached hydrogens (primary N) is 1. The van der Waals surface area contributed by atoms with Gasteiger partial charge in [0, 0.05) is 43.8 Å². The van der Waals surface area contributed by atoms with Crippen molar-refractivity contribution < 1.29 is 48.3 Å². The standard InChI is InChI=1S/C29H42N2O10/c1-14-8-19-25(35)20(13-21(33)27(19)40-7)31-28(36)17(4)11-18(32)12-23(39-6)26(41-29(30)37)16(3)10-15(2)24(34)22(9-14)38-5/h10-11,13-15,18,22-24,26,32,34H,8-9,12H2,1-7H3,(H2,30,37)(H,31,36)/b16-10+,17-11+/t14-,15+,18-,22+,23?,24-,26+/m1/s1. The normalized spacial score (nSPS) is 33.6. The highest BCUT2D eigenvalue weighted by molar-refractivity contribution is 6.23. The van der Waals surface area contributed by atoms with Crippen molar-refractivity contribution in [3.63, 3.8) is 0 Å². The zero-order chi connectivity index (χ0) is 31.0. The maximum Gasteiger partial charge on any atom is 0.405 e. The summed E-state index contributed by atoms with van der Waals surface area (Å²) in [6.45, 7) is 6.73. The Bertz CT molecular complexity index is 1140. The number of carbonyl (C=O) groups excluding carboxylic acids is 4. The minimum absolute atomic E-state index is 0.0715. The molecule has 0 saturated heterocycles. The molecular formula is C29H42N2O10. The Kier molecular flexibility index (Phi) is 12.4. The zero-order valence-electron chi connectivity index (χ0n) is 24.6. The molecule has 2 rings (SSSR count). The average Bonchev–Trinajstić information content (AvgIpc) is 2.90. The predicted molar refractivity (Wildman–Crippen MR) is 148 cm³/mol. The average molecular weight is 579 g/mol. The van der Waals surface area contributed by atoms with Crippen LogP contribution in [0.3, 0.4) is 0 Å². The molecule has 12 heteroatoms. The topological polar surface area (TPSA) is 184 Å². The van der Waals surface area contributed by atoms with Crippen molar-refractivity contribution in [1.82, 2.24) is 5.32 Å². The van der Waals surface area contributed by atoms with Gasteiger partial charge in [0.15, 0.2) is 11.9 Å². The monoisotopic (exact) mass is 578 g/mol. The van der Waals surface area contributed by atoms with E-state index in [9.17, 15) is 29.4 Å². The van der Waals surface area contributed by atoms with Crippen LogP contribution in [0.2, 0.25) is 0 Å². The highest BCUT2D eigenvalue weighted by Crippen LogP contribution is 2.29. The molecule has 228 valence electrons. The molecule has 1 aliphatic carbocycles. The molecule has 0 fully saturated rings. The van der Waals surface area contributed by atoms with Gasteiger partial charge in [-0.05, 0) is 44.3 Å². The van der Waals surface area contributed by atoms with Gasteiger partial charge in [-0.25, -0.2) is 4.79 Å². The molecule has 0 aromatic carbocycles. The third-order valence-corrected chi connectivity index (χ3v) is 7.29. The number of nitrogens with one attached hydrogen (secondary N) is 1. The van der Waals surface area contributed by atoms with Crippen LogP contribution in [0.1, 0.15) is 47.0 Å². The number of hydrogen-bond acceptors (Lipinski definition) is 10. The van der Waals surface area contributed by atoms with E-state index in [1.165, 1.54) is 34.3 Å². The van der Waals surface area contributed by atoms with Gasteiger partial charge in [-0.2, -0.15) is 0 Å². The minimum atomic E-state index is -1.23. The lowest BCUT2D eigenvalue weighted by atomic mass is 9.85. The van der Waals surface area contributed by atoms with Crippen molar-refractivity contribution in [3.05, 3.63) is 46.4 Å². The van der Waals surface area contributed by atoms with Crippen molar-refractivity contribution in [2.75, 3.05) is 21.3 Å². The number of aliphatic hydroxyl groups is 2. The highest BCUT2D eigenvalue weighted by Gasteiger charge is 2.34. The van der Waals surface area contributed by atoms with Crippen LogP contribution >= 0.6 is 0 Å². The van der Waals surface area contributed by atoms with E-state index in [1.54, 1.807) is 19.9 Å². The molecule has 41 heavy (non-hydrogen) atoms. The zero-order valence-corrected chi connectivity index (χ0v) is 24.6. The van der Waals surface area contributed by atoms with E-state index >= 15 is 0 Å². The first-order chi connectivity index (χ1) is 19.2. The largest absolute Gasteiger partial charge is 0.492 e. The summed E-state index contributed by atoms with van der Waals surface area (Å²) in [5.74, 6) is -2.68. The van der Waals surface area contributed by atoms with Crippen LogP contribution in [-0.4, -0.2) is 85.6 Å². The van der Waals surface area contributed by atoms with Gasteiger partial charge >= 0.3 is 6.09 Å². The van der Waals surface area contributed by atoms with Crippen molar-refractivity contribution >= 4 is 23.6 Å². The fraction of sp³-hybridized carbons (Fsp3) is 0.586. The lowest BCUT2D eigenvalue weighted by molar-refractivity contribution is -0.121. The number of rotatable bonds is 4. The van der Waals surface area contributed by atoms with Crippen LogP contribution < -0.4 is 11.1 Å². The number of ketones is 2. The van der Waals surface area contributed by atoms with Crippen LogP contribution in [0.5, 0.6) is 0 Å². The number of primary amides is 1. The Morgan fingerprint density at radius 2 is 1.63 bits per heavy atom. The molecule has 12 nitrogen and oxygen atoms in total. The minimum Gasteiger partial charge on any atom is -0.492 e. The molecule has 0 spiro atoms. The van der Waals surface area contributed by atoms with Crippen LogP contribution in [0.15, 0.2) is 46.4 Å². The van der Waals surface area contributed by atoms with Gasteiger partial charge in [0.2, 0.25) is 11.6 Å². The predicted octanol–water partition coefficient (Wildman–Crippen LogP) is 1.60. The van der Waals surface area contributed by atoms with Crippen molar-refractivity contribution in [3.8, 4) is 0 Å². The second-order valence-corrected chi connectivity index (χ2v) is 10.6. The molecule has 0 aromatic heterocycles. The summed E-state index contributed by atoms with van der Waals surface area (Å²) in [7, 11) is 4.12. The Labute approximate surface area is 240 Å². The summed E-state index contributed by atoms with van der Waals surface area (Å²) in [6, 6.07) is 0. The first-order valence-electron chi connectivity index (χ1n) is 13.4. The summed E-state index contributed by atoms with van der Waals surface area (Å²) in [5.41, 5.74) is 5.79. The van der Waals surface area contributed by atoms with Crippen LogP contribution in [0, 0.1) is 11.8 Å². The molecule has 0 aromatic rings. The number of allylic oxidation sites excluding steroid dienone is 2. The summed E-state index contributed by atoms with van der Waals surface area (Å²) in [4.78, 5) is 50.8. The van der Waals surface area contributed by atoms with Crippen LogP contribution in [0.25, 0.3) is 0 Å². The van der Waals surface area contributed by atoms with Gasteiger partial charge in [0.25, 0.3) is 5.91 Å². The van der Waals surface area contributed by atoms with E-state index in [0.29, 0.717) is 12.0 Å². The first-order valence-corrected chi connectivity index (χ1v) is 13.4. The van der Waals surface area contributed by atoms with Gasteiger partial charge in [0.1, 0.15) is 6.10 Å². The molecule has 2 bridgehead atoms. The fourth-order valence-corrected chi connectivity index (χ4v) is 5.15. The molecular weight excluding hydrogens is 536 g/mol. The quantitative estimate of drug-likeness (QED) is 0.282. The Hall–Kier alpha value is -3.32. The second-order valence-electron chi connectivity index (χ2n) is 10.6. The highest BCUT2D eigenvalue weighted by atomic mass is 16.6. The maximum absolute atomic E-state index is 13.4. The van der Waals surface area contributed by atoms with E-state index in [4.69, 9.17) is 24.7 Å². The number of aliphatic hydroxyl groups excluding tert-OH is 2. The molecule has 2 aliphatic rings. The summed E-state index contributed by atoms with van der Waals surface area (Å²) in [5, 5.41) is 24.4. The molecule has 1 heterocycles.